The molecule has 2 heterocycles. The summed E-state index contributed by atoms with van der Waals surface area (Å²) in [5.41, 5.74) is 0.560. The highest BCUT2D eigenvalue weighted by atomic mass is 19.1. The largest absolute Gasteiger partial charge is 0.383 e. The quantitative estimate of drug-likeness (QED) is 0.763. The molecular formula is C16H21FN6O3. The van der Waals surface area contributed by atoms with Crippen LogP contribution in [0.4, 0.5) is 10.1 Å². The first-order valence-corrected chi connectivity index (χ1v) is 8.30. The number of hydrogen-bond acceptors (Lipinski definition) is 7. The first-order chi connectivity index (χ1) is 12.7. The molecule has 0 spiro atoms. The van der Waals surface area contributed by atoms with Crippen molar-refractivity contribution in [2.45, 2.75) is 12.6 Å². The number of rotatable bonds is 7. The molecule has 1 aromatic carbocycles. The minimum absolute atomic E-state index is 0.170. The highest BCUT2D eigenvalue weighted by Crippen LogP contribution is 2.19. The third kappa shape index (κ3) is 4.81. The molecule has 0 unspecified atom stereocenters. The first kappa shape index (κ1) is 18.4. The van der Waals surface area contributed by atoms with Gasteiger partial charge in [0.2, 0.25) is 5.91 Å². The van der Waals surface area contributed by atoms with E-state index in [2.05, 4.69) is 20.8 Å². The summed E-state index contributed by atoms with van der Waals surface area (Å²) in [6.45, 7) is 2.85. The molecule has 3 rings (SSSR count). The molecule has 1 fully saturated rings. The lowest BCUT2D eigenvalue weighted by Gasteiger charge is -2.31. The van der Waals surface area contributed by atoms with Crippen LogP contribution in [0.25, 0.3) is 0 Å². The third-order valence-corrected chi connectivity index (χ3v) is 4.00. The molecule has 10 heteroatoms. The van der Waals surface area contributed by atoms with E-state index in [1.54, 1.807) is 11.8 Å². The van der Waals surface area contributed by atoms with E-state index >= 15 is 0 Å². The molecule has 2 aromatic rings. The monoisotopic (exact) mass is 364 g/mol. The van der Waals surface area contributed by atoms with Crippen molar-refractivity contribution in [1.29, 1.82) is 0 Å². The summed E-state index contributed by atoms with van der Waals surface area (Å²) in [5.74, 6) is 0.104. The van der Waals surface area contributed by atoms with Crippen molar-refractivity contribution in [3.63, 3.8) is 0 Å². The molecule has 0 saturated carbocycles. The number of nitrogens with zero attached hydrogens (tertiary/aromatic N) is 5. The lowest BCUT2D eigenvalue weighted by molar-refractivity contribution is -0.119. The van der Waals surface area contributed by atoms with Crippen LogP contribution in [-0.2, 0) is 20.8 Å². The molecule has 1 atom stereocenters. The second-order valence-electron chi connectivity index (χ2n) is 5.90. The Balaban J connectivity index is 1.55. The van der Waals surface area contributed by atoms with Gasteiger partial charge >= 0.3 is 0 Å². The van der Waals surface area contributed by atoms with Gasteiger partial charge in [0.15, 0.2) is 5.82 Å². The number of carbonyl (C=O) groups is 1. The van der Waals surface area contributed by atoms with Crippen LogP contribution < -0.4 is 5.32 Å². The Morgan fingerprint density at radius 3 is 3.00 bits per heavy atom. The molecular weight excluding hydrogens is 343 g/mol. The summed E-state index contributed by atoms with van der Waals surface area (Å²) in [4.78, 5) is 14.2. The molecule has 0 radical (unpaired) electrons. The highest BCUT2D eigenvalue weighted by Gasteiger charge is 2.27. The van der Waals surface area contributed by atoms with E-state index in [4.69, 9.17) is 9.47 Å². The Bertz CT molecular complexity index is 723. The standard InChI is InChI=1S/C16H21FN6O3/c1-25-8-7-23-16(19-20-21-23)14-10-22(6-9-26-14)11-15(24)18-13-4-2-12(17)3-5-13/h2-5,14H,6-11H2,1H3,(H,18,24)/t14-/m0/s1. The van der Waals surface area contributed by atoms with Gasteiger partial charge in [-0.2, -0.15) is 0 Å². The van der Waals surface area contributed by atoms with E-state index in [0.29, 0.717) is 44.4 Å². The van der Waals surface area contributed by atoms with Gasteiger partial charge in [0.1, 0.15) is 11.9 Å². The zero-order valence-electron chi connectivity index (χ0n) is 14.5. The number of hydrogen-bond donors (Lipinski definition) is 1. The number of morpholine rings is 1. The van der Waals surface area contributed by atoms with Crippen molar-refractivity contribution in [2.75, 3.05) is 45.3 Å². The fourth-order valence-electron chi connectivity index (χ4n) is 2.72. The average Bonchev–Trinajstić information content (AvgIpc) is 3.10. The van der Waals surface area contributed by atoms with Crippen LogP contribution in [0.1, 0.15) is 11.9 Å². The van der Waals surface area contributed by atoms with Crippen LogP contribution in [0.3, 0.4) is 0 Å². The van der Waals surface area contributed by atoms with Crippen LogP contribution in [-0.4, -0.2) is 71.0 Å². The Morgan fingerprint density at radius 1 is 1.42 bits per heavy atom. The second-order valence-corrected chi connectivity index (χ2v) is 5.90. The van der Waals surface area contributed by atoms with Gasteiger partial charge in [0.05, 0.1) is 26.3 Å². The van der Waals surface area contributed by atoms with Gasteiger partial charge in [0, 0.05) is 25.9 Å². The summed E-state index contributed by atoms with van der Waals surface area (Å²) in [5, 5.41) is 14.4. The number of anilines is 1. The van der Waals surface area contributed by atoms with Crippen molar-refractivity contribution < 1.29 is 18.7 Å². The van der Waals surface area contributed by atoms with Crippen LogP contribution in [0.2, 0.25) is 0 Å². The Morgan fingerprint density at radius 2 is 2.23 bits per heavy atom. The van der Waals surface area contributed by atoms with Gasteiger partial charge in [-0.25, -0.2) is 9.07 Å². The molecule has 1 aliphatic heterocycles. The normalized spacial score (nSPS) is 18.0. The number of carbonyl (C=O) groups excluding carboxylic acids is 1. The molecule has 9 nitrogen and oxygen atoms in total. The molecule has 1 aromatic heterocycles. The minimum Gasteiger partial charge on any atom is -0.383 e. The van der Waals surface area contributed by atoms with E-state index in [1.165, 1.54) is 24.3 Å². The Hall–Kier alpha value is -2.43. The van der Waals surface area contributed by atoms with Crippen molar-refractivity contribution in [3.05, 3.63) is 35.9 Å². The van der Waals surface area contributed by atoms with Crippen molar-refractivity contribution in [2.24, 2.45) is 0 Å². The zero-order valence-corrected chi connectivity index (χ0v) is 14.5. The molecule has 0 aliphatic carbocycles. The summed E-state index contributed by atoms with van der Waals surface area (Å²) < 4.78 is 25.4. The van der Waals surface area contributed by atoms with Crippen molar-refractivity contribution in [1.82, 2.24) is 25.1 Å². The number of amides is 1. The SMILES string of the molecule is COCCn1nnnc1[C@@H]1CN(CC(=O)Nc2ccc(F)cc2)CCO1. The molecule has 140 valence electrons. The fraction of sp³-hybridized carbons (Fsp3) is 0.500. The first-order valence-electron chi connectivity index (χ1n) is 8.30. The summed E-state index contributed by atoms with van der Waals surface area (Å²) in [6, 6.07) is 5.67. The van der Waals surface area contributed by atoms with Crippen LogP contribution in [0.15, 0.2) is 24.3 Å². The number of halogens is 1. The molecule has 1 saturated heterocycles. The summed E-state index contributed by atoms with van der Waals surface area (Å²) in [6.07, 6.45) is -0.311. The third-order valence-electron chi connectivity index (χ3n) is 4.00. The predicted molar refractivity (Wildman–Crippen MR) is 89.9 cm³/mol. The van der Waals surface area contributed by atoms with Gasteiger partial charge in [0.25, 0.3) is 0 Å². The molecule has 1 aliphatic rings. The fourth-order valence-corrected chi connectivity index (χ4v) is 2.72. The average molecular weight is 364 g/mol. The van der Waals surface area contributed by atoms with Gasteiger partial charge in [-0.1, -0.05) is 0 Å². The van der Waals surface area contributed by atoms with Crippen LogP contribution >= 0.6 is 0 Å². The lowest BCUT2D eigenvalue weighted by atomic mass is 10.2. The maximum atomic E-state index is 12.9. The number of tetrazole rings is 1. The zero-order chi connectivity index (χ0) is 18.4. The number of ether oxygens (including phenoxy) is 2. The van der Waals surface area contributed by atoms with E-state index in [0.717, 1.165) is 0 Å². The second kappa shape index (κ2) is 8.79. The van der Waals surface area contributed by atoms with Gasteiger partial charge in [-0.3, -0.25) is 9.69 Å². The highest BCUT2D eigenvalue weighted by molar-refractivity contribution is 5.92. The van der Waals surface area contributed by atoms with E-state index < -0.39 is 0 Å². The van der Waals surface area contributed by atoms with Crippen molar-refractivity contribution >= 4 is 11.6 Å². The van der Waals surface area contributed by atoms with E-state index in [9.17, 15) is 9.18 Å². The summed E-state index contributed by atoms with van der Waals surface area (Å²) >= 11 is 0. The lowest BCUT2D eigenvalue weighted by Crippen LogP contribution is -2.43. The topological polar surface area (TPSA) is 94.4 Å². The summed E-state index contributed by atoms with van der Waals surface area (Å²) in [7, 11) is 1.61. The smallest absolute Gasteiger partial charge is 0.238 e. The van der Waals surface area contributed by atoms with Crippen LogP contribution in [0.5, 0.6) is 0 Å². The number of benzene rings is 1. The Labute approximate surface area is 150 Å². The van der Waals surface area contributed by atoms with Crippen molar-refractivity contribution in [3.8, 4) is 0 Å². The van der Waals surface area contributed by atoms with Gasteiger partial charge < -0.3 is 14.8 Å². The number of nitrogens with one attached hydrogen (secondary N) is 1. The number of methoxy groups -OCH3 is 1. The van der Waals surface area contributed by atoms with Gasteiger partial charge in [-0.15, -0.1) is 5.10 Å². The molecule has 26 heavy (non-hydrogen) atoms. The maximum Gasteiger partial charge on any atom is 0.238 e. The maximum absolute atomic E-state index is 12.9. The molecule has 1 N–H and O–H groups in total. The number of aromatic nitrogens is 4. The van der Waals surface area contributed by atoms with E-state index in [1.807, 2.05) is 4.90 Å². The Kier molecular flexibility index (Phi) is 6.21. The molecule has 0 bridgehead atoms. The molecule has 1 amide bonds. The van der Waals surface area contributed by atoms with E-state index in [-0.39, 0.29) is 24.4 Å². The predicted octanol–water partition coefficient (Wildman–Crippen LogP) is 0.471. The minimum atomic E-state index is -0.342. The van der Waals surface area contributed by atoms with Gasteiger partial charge in [-0.05, 0) is 34.7 Å². The van der Waals surface area contributed by atoms with Crippen LogP contribution in [0, 0.1) is 5.82 Å².